The van der Waals surface area contributed by atoms with Gasteiger partial charge in [0.15, 0.2) is 0 Å². The van der Waals surface area contributed by atoms with Crippen LogP contribution in [0.4, 0.5) is 0 Å². The van der Waals surface area contributed by atoms with Gasteiger partial charge in [-0.3, -0.25) is 0 Å². The van der Waals surface area contributed by atoms with Crippen molar-refractivity contribution in [1.29, 1.82) is 0 Å². The summed E-state index contributed by atoms with van der Waals surface area (Å²) in [4.78, 5) is 0. The van der Waals surface area contributed by atoms with Gasteiger partial charge in [0.1, 0.15) is 0 Å². The first-order valence-corrected chi connectivity index (χ1v) is 27.8. The zero-order valence-electron chi connectivity index (χ0n) is 31.0. The third-order valence-corrected chi connectivity index (χ3v) is 26.9. The van der Waals surface area contributed by atoms with E-state index in [0.717, 1.165) is 6.71 Å². The van der Waals surface area contributed by atoms with Gasteiger partial charge in [0.05, 0.1) is 0 Å². The second kappa shape index (κ2) is 31.6. The molecule has 0 atom stereocenters. The summed E-state index contributed by atoms with van der Waals surface area (Å²) in [7, 11) is 0. The Bertz CT molecular complexity index is 546. The number of hydrogen-bond acceptors (Lipinski definition) is 0. The molecule has 0 aliphatic rings. The molecule has 0 unspecified atom stereocenters. The van der Waals surface area contributed by atoms with E-state index in [1.807, 2.05) is 0 Å². The Morgan fingerprint density at radius 2 is 0.690 bits per heavy atom. The maximum atomic E-state index is 2.47. The fourth-order valence-electron chi connectivity index (χ4n) is 7.69. The van der Waals surface area contributed by atoms with Gasteiger partial charge in [-0.15, -0.1) is 0 Å². The number of rotatable bonds is 33. The molecular weight excluding hydrogens is 610 g/mol. The monoisotopic (exact) mass is 695 g/mol. The van der Waals surface area contributed by atoms with Crippen LogP contribution in [0.5, 0.6) is 0 Å². The van der Waals surface area contributed by atoms with Crippen molar-refractivity contribution < 1.29 is 0 Å². The van der Waals surface area contributed by atoms with Gasteiger partial charge >= 0.3 is 276 Å². The van der Waals surface area contributed by atoms with Gasteiger partial charge in [-0.1, -0.05) is 0 Å². The summed E-state index contributed by atoms with van der Waals surface area (Å²) < 4.78 is 7.28. The van der Waals surface area contributed by atoms with Gasteiger partial charge in [0.2, 0.25) is 0 Å². The molecule has 250 valence electrons. The van der Waals surface area contributed by atoms with E-state index in [0.29, 0.717) is 0 Å². The van der Waals surface area contributed by atoms with Crippen molar-refractivity contribution in [2.75, 3.05) is 0 Å². The fraction of sp³-hybridized carbons (Fsp3) is 0.950. The van der Waals surface area contributed by atoms with Crippen LogP contribution in [0, 0.1) is 0 Å². The molecule has 0 fully saturated rings. The summed E-state index contributed by atoms with van der Waals surface area (Å²) in [6.45, 7) is 17.9. The van der Waals surface area contributed by atoms with E-state index < -0.39 is 18.4 Å². The summed E-state index contributed by atoms with van der Waals surface area (Å²) in [6, 6.07) is 0. The van der Waals surface area contributed by atoms with Crippen molar-refractivity contribution in [3.63, 3.8) is 0 Å². The first kappa shape index (κ1) is 42.6. The molecule has 0 aromatic carbocycles. The zero-order chi connectivity index (χ0) is 31.2. The molecule has 2 heteroatoms. The van der Waals surface area contributed by atoms with E-state index in [2.05, 4.69) is 57.5 Å². The van der Waals surface area contributed by atoms with Crippen LogP contribution in [0.25, 0.3) is 0 Å². The van der Waals surface area contributed by atoms with Crippen LogP contribution in [0.15, 0.2) is 9.06 Å². The average molecular weight is 694 g/mol. The van der Waals surface area contributed by atoms with Crippen molar-refractivity contribution in [3.05, 3.63) is 9.06 Å². The number of hydrogen-bond donors (Lipinski definition) is 0. The topological polar surface area (TPSA) is 0 Å². The van der Waals surface area contributed by atoms with Crippen LogP contribution >= 0.6 is 0 Å². The Hall–Kier alpha value is 0.604. The molecule has 0 amide bonds. The third-order valence-electron chi connectivity index (χ3n) is 10.4. The Kier molecular flexibility index (Phi) is 32.0. The Morgan fingerprint density at radius 1 is 0.357 bits per heavy atom. The first-order valence-electron chi connectivity index (χ1n) is 20.3. The Balaban J connectivity index is 6.74. The molecule has 0 aromatic rings. The summed E-state index contributed by atoms with van der Waals surface area (Å²) in [5.41, 5.74) is 2.13. The van der Waals surface area contributed by atoms with E-state index in [1.165, 1.54) is 180 Å². The second-order valence-corrected chi connectivity index (χ2v) is 27.6. The van der Waals surface area contributed by atoms with Crippen LogP contribution in [0.1, 0.15) is 215 Å². The molecular formula is C40H83BSn. The van der Waals surface area contributed by atoms with Crippen LogP contribution in [-0.2, 0) is 0 Å². The van der Waals surface area contributed by atoms with Gasteiger partial charge in [-0.25, -0.2) is 0 Å². The van der Waals surface area contributed by atoms with Crippen LogP contribution in [-0.4, -0.2) is 25.1 Å². The van der Waals surface area contributed by atoms with Crippen molar-refractivity contribution in [2.45, 2.75) is 241 Å². The molecule has 0 spiro atoms. The maximum absolute atomic E-state index is 2.49. The summed E-state index contributed by atoms with van der Waals surface area (Å²) in [5, 5.41) is 0. The zero-order valence-corrected chi connectivity index (χ0v) is 33.9. The molecule has 42 heavy (non-hydrogen) atoms. The van der Waals surface area contributed by atoms with E-state index >= 15 is 0 Å². The predicted octanol–water partition coefficient (Wildman–Crippen LogP) is 15.6. The molecule has 0 aliphatic carbocycles. The molecule has 0 saturated carbocycles. The summed E-state index contributed by atoms with van der Waals surface area (Å²) >= 11 is -2.49. The van der Waals surface area contributed by atoms with Crippen molar-refractivity contribution >= 4 is 25.1 Å². The molecule has 0 bridgehead atoms. The van der Waals surface area contributed by atoms with Crippen molar-refractivity contribution in [3.8, 4) is 0 Å². The van der Waals surface area contributed by atoms with Crippen LogP contribution < -0.4 is 0 Å². The SMILES string of the molecule is CCCCCCCB(CCCCCCC)/C(CCCCCCC)=[C](/CCCCC)[Sn]([CH2]CCC)([CH2]CCC)[CH2]CCC. The molecule has 0 aliphatic heterocycles. The van der Waals surface area contributed by atoms with E-state index in [1.54, 1.807) is 13.3 Å². The average Bonchev–Trinajstić information content (AvgIpc) is 3.00. The number of unbranched alkanes of at least 4 members (excludes halogenated alkanes) is 17. The molecule has 0 N–H and O–H groups in total. The molecule has 0 saturated heterocycles. The normalized spacial score (nSPS) is 12.6. The standard InChI is InChI=1S/C28H56B.3C4H9.Sn/c1-5-9-13-17-21-25-28(24-20-16-12-8-4)29(26-22-18-14-10-6-2)27-23-19-15-11-7-3;3*1-3-4-2;/h5-23,25-27H2,1-4H3;3*1,3-4H2,2H3;. The van der Waals surface area contributed by atoms with Gasteiger partial charge in [0.25, 0.3) is 0 Å². The molecule has 0 nitrogen and oxygen atoms in total. The molecule has 0 radical (unpaired) electrons. The number of allylic oxidation sites excluding steroid dienone is 2. The minimum absolute atomic E-state index is 0.914. The summed E-state index contributed by atoms with van der Waals surface area (Å²) in [5.74, 6) is 0. The van der Waals surface area contributed by atoms with Crippen molar-refractivity contribution in [2.24, 2.45) is 0 Å². The van der Waals surface area contributed by atoms with Gasteiger partial charge in [-0.05, 0) is 0 Å². The predicted molar refractivity (Wildman–Crippen MR) is 202 cm³/mol. The minimum atomic E-state index is -2.49. The van der Waals surface area contributed by atoms with Gasteiger partial charge in [0, 0.05) is 0 Å². The van der Waals surface area contributed by atoms with E-state index in [-0.39, 0.29) is 0 Å². The fourth-order valence-corrected chi connectivity index (χ4v) is 26.1. The quantitative estimate of drug-likeness (QED) is 0.0474. The van der Waals surface area contributed by atoms with Gasteiger partial charge < -0.3 is 0 Å². The molecule has 0 rings (SSSR count). The van der Waals surface area contributed by atoms with Crippen LogP contribution in [0.2, 0.25) is 26.0 Å². The van der Waals surface area contributed by atoms with Crippen molar-refractivity contribution in [1.82, 2.24) is 0 Å². The Labute approximate surface area is 274 Å². The van der Waals surface area contributed by atoms with Gasteiger partial charge in [-0.2, -0.15) is 0 Å². The van der Waals surface area contributed by atoms with Crippen LogP contribution in [0.3, 0.4) is 0 Å². The third kappa shape index (κ3) is 20.6. The first-order chi connectivity index (χ1) is 20.6. The van der Waals surface area contributed by atoms with E-state index in [9.17, 15) is 0 Å². The summed E-state index contributed by atoms with van der Waals surface area (Å²) in [6.07, 6.45) is 40.8. The molecule has 0 aromatic heterocycles. The molecule has 0 heterocycles. The Morgan fingerprint density at radius 3 is 1.10 bits per heavy atom. The van der Waals surface area contributed by atoms with E-state index in [4.69, 9.17) is 0 Å². The second-order valence-electron chi connectivity index (χ2n) is 14.3.